The summed E-state index contributed by atoms with van der Waals surface area (Å²) in [6.45, 7) is 15.7. The fraction of sp³-hybridized carbons (Fsp3) is 0.286. The SMILES string of the molecule is C=C=C.C=C=C=C.Cl.c1ccc(-c2nnc(CN3CCCCC3)o2)cc1. The Bertz CT molecular complexity index is 707. The summed E-state index contributed by atoms with van der Waals surface area (Å²) in [5.41, 5.74) is 7.87. The van der Waals surface area contributed by atoms with E-state index in [0.717, 1.165) is 31.1 Å². The molecule has 0 saturated carbocycles. The molecule has 2 heterocycles. The van der Waals surface area contributed by atoms with Crippen molar-refractivity contribution in [2.24, 2.45) is 0 Å². The summed E-state index contributed by atoms with van der Waals surface area (Å²) in [5.74, 6) is 1.33. The minimum atomic E-state index is 0. The molecule has 1 aromatic carbocycles. The number of hydrogen-bond donors (Lipinski definition) is 0. The molecule has 2 aromatic rings. The molecule has 0 spiro atoms. The number of nitrogens with zero attached hydrogens (tertiary/aromatic N) is 3. The molecule has 1 fully saturated rings. The van der Waals surface area contributed by atoms with Gasteiger partial charge in [-0.2, -0.15) is 0 Å². The molecule has 4 nitrogen and oxygen atoms in total. The first-order valence-corrected chi connectivity index (χ1v) is 8.18. The molecule has 138 valence electrons. The lowest BCUT2D eigenvalue weighted by Crippen LogP contribution is -2.29. The average molecular weight is 372 g/mol. The fourth-order valence-electron chi connectivity index (χ4n) is 2.32. The zero-order valence-corrected chi connectivity index (χ0v) is 15.9. The van der Waals surface area contributed by atoms with Crippen molar-refractivity contribution in [1.82, 2.24) is 15.1 Å². The van der Waals surface area contributed by atoms with Crippen LogP contribution in [0.5, 0.6) is 0 Å². The van der Waals surface area contributed by atoms with Gasteiger partial charge in [0.15, 0.2) is 0 Å². The Morgan fingerprint density at radius 3 is 2.04 bits per heavy atom. The molecule has 0 N–H and O–H groups in total. The molecule has 0 atom stereocenters. The van der Waals surface area contributed by atoms with E-state index in [-0.39, 0.29) is 12.4 Å². The summed E-state index contributed by atoms with van der Waals surface area (Å²) in [7, 11) is 0. The lowest BCUT2D eigenvalue weighted by molar-refractivity contribution is 0.202. The predicted molar refractivity (Wildman–Crippen MR) is 109 cm³/mol. The number of hydrogen-bond acceptors (Lipinski definition) is 4. The van der Waals surface area contributed by atoms with E-state index in [1.165, 1.54) is 19.3 Å². The summed E-state index contributed by atoms with van der Waals surface area (Å²) < 4.78 is 5.71. The van der Waals surface area contributed by atoms with Gasteiger partial charge in [0.2, 0.25) is 11.8 Å². The van der Waals surface area contributed by atoms with Crippen molar-refractivity contribution in [1.29, 1.82) is 0 Å². The third kappa shape index (κ3) is 9.05. The molecule has 1 aliphatic heterocycles. The number of benzene rings is 1. The van der Waals surface area contributed by atoms with Crippen molar-refractivity contribution in [2.45, 2.75) is 25.8 Å². The van der Waals surface area contributed by atoms with Crippen LogP contribution in [0.15, 0.2) is 78.3 Å². The number of rotatable bonds is 3. The van der Waals surface area contributed by atoms with Gasteiger partial charge >= 0.3 is 0 Å². The average Bonchev–Trinajstić information content (AvgIpc) is 3.13. The molecule has 0 unspecified atom stereocenters. The second-order valence-corrected chi connectivity index (χ2v) is 5.31. The van der Waals surface area contributed by atoms with Crippen LogP contribution in [0.4, 0.5) is 0 Å². The van der Waals surface area contributed by atoms with Crippen LogP contribution in [0.3, 0.4) is 0 Å². The van der Waals surface area contributed by atoms with Gasteiger partial charge in [-0.1, -0.05) is 49.2 Å². The van der Waals surface area contributed by atoms with Crippen LogP contribution in [0.1, 0.15) is 25.2 Å². The minimum Gasteiger partial charge on any atom is -0.419 e. The molecule has 1 aliphatic rings. The van der Waals surface area contributed by atoms with Crippen LogP contribution in [-0.2, 0) is 6.54 Å². The van der Waals surface area contributed by atoms with Crippen molar-refractivity contribution in [2.75, 3.05) is 13.1 Å². The van der Waals surface area contributed by atoms with E-state index in [2.05, 4.69) is 58.6 Å². The highest BCUT2D eigenvalue weighted by Crippen LogP contribution is 2.18. The van der Waals surface area contributed by atoms with Gasteiger partial charge in [0, 0.05) is 5.56 Å². The Kier molecular flexibility index (Phi) is 13.3. The maximum atomic E-state index is 5.71. The van der Waals surface area contributed by atoms with E-state index in [1.807, 2.05) is 30.3 Å². The van der Waals surface area contributed by atoms with Crippen molar-refractivity contribution in [3.63, 3.8) is 0 Å². The summed E-state index contributed by atoms with van der Waals surface area (Å²) >= 11 is 0. The zero-order chi connectivity index (χ0) is 18.3. The Balaban J connectivity index is 0.000000681. The van der Waals surface area contributed by atoms with Gasteiger partial charge in [-0.05, 0) is 51.2 Å². The first-order chi connectivity index (χ1) is 12.2. The Labute approximate surface area is 162 Å². The van der Waals surface area contributed by atoms with Crippen molar-refractivity contribution in [3.05, 3.63) is 79.7 Å². The summed E-state index contributed by atoms with van der Waals surface area (Å²) in [6, 6.07) is 9.90. The zero-order valence-electron chi connectivity index (χ0n) is 15.1. The van der Waals surface area contributed by atoms with Gasteiger partial charge in [-0.3, -0.25) is 4.90 Å². The largest absolute Gasteiger partial charge is 0.419 e. The first kappa shape index (κ1) is 23.4. The van der Waals surface area contributed by atoms with Gasteiger partial charge in [0.05, 0.1) is 6.54 Å². The van der Waals surface area contributed by atoms with E-state index < -0.39 is 0 Å². The lowest BCUT2D eigenvalue weighted by Gasteiger charge is -2.24. The van der Waals surface area contributed by atoms with Crippen LogP contribution < -0.4 is 0 Å². The highest BCUT2D eigenvalue weighted by Gasteiger charge is 2.14. The number of piperidine rings is 1. The molecule has 0 amide bonds. The van der Waals surface area contributed by atoms with Gasteiger partial charge in [-0.25, -0.2) is 0 Å². The first-order valence-electron chi connectivity index (χ1n) is 8.18. The van der Waals surface area contributed by atoms with Gasteiger partial charge < -0.3 is 4.42 Å². The van der Waals surface area contributed by atoms with Gasteiger partial charge in [-0.15, -0.1) is 28.3 Å². The molecule has 3 rings (SSSR count). The lowest BCUT2D eigenvalue weighted by atomic mass is 10.1. The van der Waals surface area contributed by atoms with Crippen LogP contribution >= 0.6 is 12.4 Å². The third-order valence-corrected chi connectivity index (χ3v) is 3.42. The smallest absolute Gasteiger partial charge is 0.247 e. The number of aromatic nitrogens is 2. The summed E-state index contributed by atoms with van der Waals surface area (Å²) in [6.07, 6.45) is 3.90. The second kappa shape index (κ2) is 14.7. The van der Waals surface area contributed by atoms with Crippen LogP contribution in [-0.4, -0.2) is 28.2 Å². The minimum absolute atomic E-state index is 0. The number of likely N-dealkylation sites (tertiary alicyclic amines) is 1. The Morgan fingerprint density at radius 1 is 0.923 bits per heavy atom. The Morgan fingerprint density at radius 2 is 1.50 bits per heavy atom. The standard InChI is InChI=1S/C14H17N3O.C4H4.C3H4.ClH/c1-3-7-12(8-4-1)14-16-15-13(18-14)11-17-9-5-2-6-10-17;1-3-4-2;1-3-2;/h1,3-4,7-8H,2,5-6,9-11H2;1-2H2;1-2H2;1H. The van der Waals surface area contributed by atoms with Crippen LogP contribution in [0.2, 0.25) is 0 Å². The van der Waals surface area contributed by atoms with Crippen molar-refractivity contribution >= 4 is 12.4 Å². The molecule has 1 aromatic heterocycles. The van der Waals surface area contributed by atoms with Gasteiger partial charge in [0.25, 0.3) is 0 Å². The van der Waals surface area contributed by atoms with Crippen molar-refractivity contribution < 1.29 is 4.42 Å². The molecule has 0 bridgehead atoms. The van der Waals surface area contributed by atoms with E-state index in [9.17, 15) is 0 Å². The second-order valence-electron chi connectivity index (χ2n) is 5.31. The molecule has 0 radical (unpaired) electrons. The molecule has 1 saturated heterocycles. The monoisotopic (exact) mass is 371 g/mol. The maximum Gasteiger partial charge on any atom is 0.247 e. The third-order valence-electron chi connectivity index (χ3n) is 3.42. The maximum absolute atomic E-state index is 5.71. The van der Waals surface area contributed by atoms with Crippen molar-refractivity contribution in [3.8, 4) is 11.5 Å². The Hall–Kier alpha value is -2.57. The van der Waals surface area contributed by atoms with Crippen LogP contribution in [0, 0.1) is 0 Å². The molecular formula is C21H26ClN3O. The molecule has 0 aliphatic carbocycles. The molecule has 26 heavy (non-hydrogen) atoms. The summed E-state index contributed by atoms with van der Waals surface area (Å²) in [5, 5.41) is 8.24. The van der Waals surface area contributed by atoms with E-state index in [0.29, 0.717) is 5.89 Å². The fourth-order valence-corrected chi connectivity index (χ4v) is 2.32. The van der Waals surface area contributed by atoms with E-state index >= 15 is 0 Å². The molecular weight excluding hydrogens is 346 g/mol. The normalized spacial score (nSPS) is 12.5. The number of halogens is 1. The van der Waals surface area contributed by atoms with Crippen LogP contribution in [0.25, 0.3) is 11.5 Å². The highest BCUT2D eigenvalue weighted by molar-refractivity contribution is 5.85. The highest BCUT2D eigenvalue weighted by atomic mass is 35.5. The van der Waals surface area contributed by atoms with Gasteiger partial charge in [0.1, 0.15) is 0 Å². The van der Waals surface area contributed by atoms with E-state index in [1.54, 1.807) is 0 Å². The van der Waals surface area contributed by atoms with E-state index in [4.69, 9.17) is 4.42 Å². The quantitative estimate of drug-likeness (QED) is 0.694. The molecule has 5 heteroatoms. The predicted octanol–water partition coefficient (Wildman–Crippen LogP) is 5.21. The summed E-state index contributed by atoms with van der Waals surface area (Å²) in [4.78, 5) is 2.38. The topological polar surface area (TPSA) is 42.2 Å².